The molecule has 92 valence electrons. The van der Waals surface area contributed by atoms with Gasteiger partial charge >= 0.3 is 0 Å². The summed E-state index contributed by atoms with van der Waals surface area (Å²) < 4.78 is 0.838. The predicted octanol–water partition coefficient (Wildman–Crippen LogP) is 3.62. The average Bonchev–Trinajstić information content (AvgIpc) is 2.34. The van der Waals surface area contributed by atoms with Crippen LogP contribution in [-0.2, 0) is 0 Å². The molecule has 2 aromatic rings. The molecular formula is C13H10BrClN2O. The number of nitrogens with two attached hydrogens (primary N) is 1. The molecule has 0 aliphatic heterocycles. The minimum absolute atomic E-state index is 0.179. The van der Waals surface area contributed by atoms with E-state index in [0.717, 1.165) is 10.0 Å². The number of hydrogen-bond donors (Lipinski definition) is 1. The van der Waals surface area contributed by atoms with Gasteiger partial charge in [-0.05, 0) is 30.7 Å². The van der Waals surface area contributed by atoms with Crippen LogP contribution in [0.5, 0.6) is 0 Å². The highest BCUT2D eigenvalue weighted by Gasteiger charge is 2.16. The number of nitrogens with zero attached hydrogens (tertiary/aromatic N) is 1. The second-order valence-corrected chi connectivity index (χ2v) is 5.23. The van der Waals surface area contributed by atoms with Crippen LogP contribution in [0.1, 0.15) is 21.5 Å². The average molecular weight is 326 g/mol. The number of carbonyl (C=O) groups is 1. The molecule has 1 aromatic carbocycles. The smallest absolute Gasteiger partial charge is 0.197 e. The first-order chi connectivity index (χ1) is 8.49. The first-order valence-corrected chi connectivity index (χ1v) is 6.38. The van der Waals surface area contributed by atoms with Gasteiger partial charge in [-0.2, -0.15) is 0 Å². The fourth-order valence-electron chi connectivity index (χ4n) is 1.62. The van der Waals surface area contributed by atoms with Gasteiger partial charge in [0, 0.05) is 16.2 Å². The van der Waals surface area contributed by atoms with Gasteiger partial charge < -0.3 is 5.73 Å². The molecular weight excluding hydrogens is 316 g/mol. The zero-order valence-corrected chi connectivity index (χ0v) is 11.9. The number of rotatable bonds is 2. The van der Waals surface area contributed by atoms with E-state index in [-0.39, 0.29) is 11.6 Å². The van der Waals surface area contributed by atoms with Crippen molar-refractivity contribution in [3.05, 3.63) is 56.6 Å². The highest BCUT2D eigenvalue weighted by Crippen LogP contribution is 2.23. The standard InChI is InChI=1S/C13H10BrClN2O/c1-7-2-3-8(14)4-10(7)12(18)11-5-9(15)6-17-13(11)16/h2-6H,1H3,(H2,16,17). The lowest BCUT2D eigenvalue weighted by molar-refractivity contribution is 0.103. The monoisotopic (exact) mass is 324 g/mol. The van der Waals surface area contributed by atoms with Crippen molar-refractivity contribution in [3.63, 3.8) is 0 Å². The van der Waals surface area contributed by atoms with Crippen LogP contribution in [0, 0.1) is 6.92 Å². The van der Waals surface area contributed by atoms with Crippen LogP contribution in [0.15, 0.2) is 34.9 Å². The lowest BCUT2D eigenvalue weighted by Crippen LogP contribution is -2.08. The first kappa shape index (κ1) is 13.1. The lowest BCUT2D eigenvalue weighted by Gasteiger charge is -2.07. The van der Waals surface area contributed by atoms with E-state index in [4.69, 9.17) is 17.3 Å². The summed E-state index contributed by atoms with van der Waals surface area (Å²) in [5, 5.41) is 0.389. The molecule has 0 aliphatic carbocycles. The van der Waals surface area contributed by atoms with Crippen molar-refractivity contribution in [2.24, 2.45) is 0 Å². The normalized spacial score (nSPS) is 10.4. The van der Waals surface area contributed by atoms with Crippen LogP contribution < -0.4 is 5.73 Å². The Labute approximate surface area is 118 Å². The van der Waals surface area contributed by atoms with Gasteiger partial charge in [0.25, 0.3) is 0 Å². The van der Waals surface area contributed by atoms with Gasteiger partial charge in [0.15, 0.2) is 5.78 Å². The van der Waals surface area contributed by atoms with Gasteiger partial charge in [-0.1, -0.05) is 33.6 Å². The van der Waals surface area contributed by atoms with Crippen LogP contribution >= 0.6 is 27.5 Å². The zero-order valence-electron chi connectivity index (χ0n) is 9.58. The minimum atomic E-state index is -0.179. The number of benzene rings is 1. The second kappa shape index (κ2) is 5.08. The number of aryl methyl sites for hydroxylation is 1. The maximum atomic E-state index is 12.4. The van der Waals surface area contributed by atoms with Gasteiger partial charge in [0.1, 0.15) is 5.82 Å². The summed E-state index contributed by atoms with van der Waals surface area (Å²) in [6, 6.07) is 7.04. The summed E-state index contributed by atoms with van der Waals surface area (Å²) in [4.78, 5) is 16.3. The summed E-state index contributed by atoms with van der Waals surface area (Å²) in [5.41, 5.74) is 7.50. The van der Waals surface area contributed by atoms with E-state index in [1.54, 1.807) is 6.07 Å². The number of anilines is 1. The summed E-state index contributed by atoms with van der Waals surface area (Å²) >= 11 is 9.18. The predicted molar refractivity (Wildman–Crippen MR) is 76.0 cm³/mol. The van der Waals surface area contributed by atoms with Crippen LogP contribution in [0.3, 0.4) is 0 Å². The van der Waals surface area contributed by atoms with Crippen LogP contribution in [0.2, 0.25) is 5.02 Å². The third-order valence-electron chi connectivity index (χ3n) is 2.57. The van der Waals surface area contributed by atoms with Crippen molar-refractivity contribution < 1.29 is 4.79 Å². The van der Waals surface area contributed by atoms with Crippen molar-refractivity contribution in [1.29, 1.82) is 0 Å². The number of hydrogen-bond acceptors (Lipinski definition) is 3. The number of carbonyl (C=O) groups excluding carboxylic acids is 1. The van der Waals surface area contributed by atoms with Crippen LogP contribution in [-0.4, -0.2) is 10.8 Å². The molecule has 0 radical (unpaired) electrons. The van der Waals surface area contributed by atoms with Crippen molar-refractivity contribution in [2.75, 3.05) is 5.73 Å². The highest BCUT2D eigenvalue weighted by atomic mass is 79.9. The maximum absolute atomic E-state index is 12.4. The Bertz CT molecular complexity index is 575. The van der Waals surface area contributed by atoms with E-state index < -0.39 is 0 Å². The molecule has 0 spiro atoms. The molecule has 5 heteroatoms. The Hall–Kier alpha value is -1.39. The summed E-state index contributed by atoms with van der Waals surface area (Å²) in [6.45, 7) is 1.87. The highest BCUT2D eigenvalue weighted by molar-refractivity contribution is 9.10. The van der Waals surface area contributed by atoms with Gasteiger partial charge in [-0.3, -0.25) is 4.79 Å². The Balaban J connectivity index is 2.54. The van der Waals surface area contributed by atoms with Gasteiger partial charge in [-0.25, -0.2) is 4.98 Å². The molecule has 0 bridgehead atoms. The van der Waals surface area contributed by atoms with E-state index in [0.29, 0.717) is 16.1 Å². The number of pyridine rings is 1. The molecule has 1 heterocycles. The van der Waals surface area contributed by atoms with Crippen LogP contribution in [0.25, 0.3) is 0 Å². The Morgan fingerprint density at radius 3 is 2.78 bits per heavy atom. The Morgan fingerprint density at radius 2 is 2.06 bits per heavy atom. The van der Waals surface area contributed by atoms with Crippen molar-refractivity contribution in [1.82, 2.24) is 4.98 Å². The molecule has 2 rings (SSSR count). The minimum Gasteiger partial charge on any atom is -0.383 e. The number of aromatic nitrogens is 1. The van der Waals surface area contributed by atoms with Crippen molar-refractivity contribution >= 4 is 39.1 Å². The number of halogens is 2. The van der Waals surface area contributed by atoms with Crippen LogP contribution in [0.4, 0.5) is 5.82 Å². The van der Waals surface area contributed by atoms with E-state index in [1.807, 2.05) is 19.1 Å². The second-order valence-electron chi connectivity index (χ2n) is 3.87. The van der Waals surface area contributed by atoms with Gasteiger partial charge in [0.05, 0.1) is 10.6 Å². The molecule has 0 atom stereocenters. The lowest BCUT2D eigenvalue weighted by atomic mass is 10.00. The molecule has 0 saturated heterocycles. The van der Waals surface area contributed by atoms with E-state index in [2.05, 4.69) is 20.9 Å². The summed E-state index contributed by atoms with van der Waals surface area (Å²) in [6.07, 6.45) is 1.42. The molecule has 18 heavy (non-hydrogen) atoms. The molecule has 0 amide bonds. The van der Waals surface area contributed by atoms with Gasteiger partial charge in [0.2, 0.25) is 0 Å². The molecule has 0 fully saturated rings. The van der Waals surface area contributed by atoms with E-state index in [9.17, 15) is 4.79 Å². The SMILES string of the molecule is Cc1ccc(Br)cc1C(=O)c1cc(Cl)cnc1N. The summed E-state index contributed by atoms with van der Waals surface area (Å²) in [5.74, 6) is 0.00470. The zero-order chi connectivity index (χ0) is 13.3. The molecule has 0 unspecified atom stereocenters. The first-order valence-electron chi connectivity index (χ1n) is 5.21. The van der Waals surface area contributed by atoms with Gasteiger partial charge in [-0.15, -0.1) is 0 Å². The quantitative estimate of drug-likeness (QED) is 0.858. The Morgan fingerprint density at radius 1 is 1.33 bits per heavy atom. The maximum Gasteiger partial charge on any atom is 0.197 e. The molecule has 3 nitrogen and oxygen atoms in total. The largest absolute Gasteiger partial charge is 0.383 e. The molecule has 1 aromatic heterocycles. The van der Waals surface area contributed by atoms with Crippen molar-refractivity contribution in [2.45, 2.75) is 6.92 Å². The molecule has 0 aliphatic rings. The number of ketones is 1. The van der Waals surface area contributed by atoms with Crippen molar-refractivity contribution in [3.8, 4) is 0 Å². The Kier molecular flexibility index (Phi) is 3.68. The van der Waals surface area contributed by atoms with E-state index in [1.165, 1.54) is 12.3 Å². The fraction of sp³-hybridized carbons (Fsp3) is 0.0769. The molecule has 2 N–H and O–H groups in total. The number of nitrogen functional groups attached to an aromatic ring is 1. The third kappa shape index (κ3) is 2.54. The molecule has 0 saturated carbocycles. The van der Waals surface area contributed by atoms with E-state index >= 15 is 0 Å². The topological polar surface area (TPSA) is 56.0 Å². The third-order valence-corrected chi connectivity index (χ3v) is 3.27. The summed E-state index contributed by atoms with van der Waals surface area (Å²) in [7, 11) is 0. The fourth-order valence-corrected chi connectivity index (χ4v) is 2.13.